The number of nitrogens with two attached hydrogens (primary N) is 1. The molecular formula is C17H18N2O5S. The summed E-state index contributed by atoms with van der Waals surface area (Å²) < 4.78 is 27.2. The van der Waals surface area contributed by atoms with Crippen molar-refractivity contribution in [3.63, 3.8) is 0 Å². The van der Waals surface area contributed by atoms with Crippen molar-refractivity contribution < 1.29 is 22.7 Å². The van der Waals surface area contributed by atoms with E-state index in [2.05, 4.69) is 5.32 Å². The fourth-order valence-electron chi connectivity index (χ4n) is 2.09. The zero-order chi connectivity index (χ0) is 18.4. The highest BCUT2D eigenvalue weighted by atomic mass is 32.2. The highest BCUT2D eigenvalue weighted by Gasteiger charge is 2.11. The Kier molecular flexibility index (Phi) is 5.89. The van der Waals surface area contributed by atoms with Crippen molar-refractivity contribution in [1.82, 2.24) is 0 Å². The van der Waals surface area contributed by atoms with Crippen LogP contribution in [0.4, 0.5) is 5.69 Å². The third-order valence-electron chi connectivity index (χ3n) is 3.43. The number of anilines is 1. The van der Waals surface area contributed by atoms with E-state index >= 15 is 0 Å². The van der Waals surface area contributed by atoms with Gasteiger partial charge in [-0.2, -0.15) is 0 Å². The Bertz CT molecular complexity index is 876. The summed E-state index contributed by atoms with van der Waals surface area (Å²) in [7, 11) is -3.78. The molecule has 3 N–H and O–H groups in total. The number of hydrogen-bond acceptors (Lipinski definition) is 5. The zero-order valence-corrected chi connectivity index (χ0v) is 14.4. The van der Waals surface area contributed by atoms with Crippen LogP contribution in [-0.4, -0.2) is 26.9 Å². The number of primary sulfonamides is 1. The summed E-state index contributed by atoms with van der Waals surface area (Å²) in [6.45, 7) is 1.46. The standard InChI is InChI=1S/C17H18N2O5S/c1-12-4-2-3-5-13(12)10-17(21)24-11-16(20)19-14-6-8-15(9-7-14)25(18,22)23/h2-9H,10-11H2,1H3,(H,19,20)(H2,18,22,23). The smallest absolute Gasteiger partial charge is 0.310 e. The fourth-order valence-corrected chi connectivity index (χ4v) is 2.60. The Morgan fingerprint density at radius 1 is 1.08 bits per heavy atom. The zero-order valence-electron chi connectivity index (χ0n) is 13.6. The van der Waals surface area contributed by atoms with Crippen LogP contribution in [0.2, 0.25) is 0 Å². The van der Waals surface area contributed by atoms with Crippen LogP contribution in [0.3, 0.4) is 0 Å². The van der Waals surface area contributed by atoms with Gasteiger partial charge in [0.05, 0.1) is 11.3 Å². The Labute approximate surface area is 145 Å². The summed E-state index contributed by atoms with van der Waals surface area (Å²) in [4.78, 5) is 23.5. The molecule has 2 aromatic rings. The van der Waals surface area contributed by atoms with E-state index in [-0.39, 0.29) is 11.3 Å². The monoisotopic (exact) mass is 362 g/mol. The maximum atomic E-state index is 11.8. The van der Waals surface area contributed by atoms with Gasteiger partial charge >= 0.3 is 5.97 Å². The number of esters is 1. The number of benzene rings is 2. The van der Waals surface area contributed by atoms with Crippen LogP contribution in [0.15, 0.2) is 53.4 Å². The summed E-state index contributed by atoms with van der Waals surface area (Å²) in [6, 6.07) is 12.8. The highest BCUT2D eigenvalue weighted by molar-refractivity contribution is 7.89. The van der Waals surface area contributed by atoms with Crippen LogP contribution in [-0.2, 0) is 30.8 Å². The second-order valence-electron chi connectivity index (χ2n) is 5.38. The Morgan fingerprint density at radius 2 is 1.72 bits per heavy atom. The van der Waals surface area contributed by atoms with E-state index in [1.807, 2.05) is 31.2 Å². The largest absolute Gasteiger partial charge is 0.455 e. The number of rotatable bonds is 6. The van der Waals surface area contributed by atoms with E-state index in [1.165, 1.54) is 24.3 Å². The number of ether oxygens (including phenoxy) is 1. The lowest BCUT2D eigenvalue weighted by atomic mass is 10.1. The van der Waals surface area contributed by atoms with Gasteiger partial charge in [0, 0.05) is 5.69 Å². The lowest BCUT2D eigenvalue weighted by molar-refractivity contribution is -0.146. The van der Waals surface area contributed by atoms with Crippen LogP contribution in [0, 0.1) is 6.92 Å². The number of aryl methyl sites for hydroxylation is 1. The SMILES string of the molecule is Cc1ccccc1CC(=O)OCC(=O)Nc1ccc(S(N)(=O)=O)cc1. The molecule has 0 heterocycles. The lowest BCUT2D eigenvalue weighted by Gasteiger charge is -2.08. The van der Waals surface area contributed by atoms with Gasteiger partial charge in [0.25, 0.3) is 5.91 Å². The van der Waals surface area contributed by atoms with Crippen molar-refractivity contribution >= 4 is 27.6 Å². The molecule has 0 saturated heterocycles. The van der Waals surface area contributed by atoms with Gasteiger partial charge in [0.1, 0.15) is 0 Å². The van der Waals surface area contributed by atoms with E-state index in [1.54, 1.807) is 0 Å². The minimum Gasteiger partial charge on any atom is -0.455 e. The first kappa shape index (κ1) is 18.6. The molecule has 2 aromatic carbocycles. The molecule has 0 spiro atoms. The average Bonchev–Trinajstić information content (AvgIpc) is 2.55. The van der Waals surface area contributed by atoms with Crippen molar-refractivity contribution in [3.05, 3.63) is 59.7 Å². The van der Waals surface area contributed by atoms with Gasteiger partial charge in [-0.25, -0.2) is 13.6 Å². The molecule has 25 heavy (non-hydrogen) atoms. The Balaban J connectivity index is 1.84. The molecule has 2 rings (SSSR count). The van der Waals surface area contributed by atoms with Gasteiger partial charge in [0.2, 0.25) is 10.0 Å². The number of sulfonamides is 1. The highest BCUT2D eigenvalue weighted by Crippen LogP contribution is 2.13. The first-order valence-corrected chi connectivity index (χ1v) is 8.93. The number of hydrogen-bond donors (Lipinski definition) is 2. The first-order chi connectivity index (χ1) is 11.8. The summed E-state index contributed by atoms with van der Waals surface area (Å²) >= 11 is 0. The molecule has 0 atom stereocenters. The van der Waals surface area contributed by atoms with Gasteiger partial charge in [0.15, 0.2) is 6.61 Å². The minimum atomic E-state index is -3.78. The topological polar surface area (TPSA) is 116 Å². The van der Waals surface area contributed by atoms with E-state index in [0.29, 0.717) is 5.69 Å². The van der Waals surface area contributed by atoms with Crippen molar-refractivity contribution in [3.8, 4) is 0 Å². The van der Waals surface area contributed by atoms with Crippen molar-refractivity contribution in [2.45, 2.75) is 18.2 Å². The summed E-state index contributed by atoms with van der Waals surface area (Å²) in [6.07, 6.45) is 0.0863. The minimum absolute atomic E-state index is 0.0600. The van der Waals surface area contributed by atoms with Gasteiger partial charge < -0.3 is 10.1 Å². The molecule has 0 bridgehead atoms. The molecule has 0 unspecified atom stereocenters. The molecule has 0 aliphatic rings. The maximum Gasteiger partial charge on any atom is 0.310 e. The van der Waals surface area contributed by atoms with Crippen molar-refractivity contribution in [2.75, 3.05) is 11.9 Å². The molecule has 132 valence electrons. The van der Waals surface area contributed by atoms with Crippen LogP contribution in [0.5, 0.6) is 0 Å². The third kappa shape index (κ3) is 5.70. The second-order valence-corrected chi connectivity index (χ2v) is 6.94. The van der Waals surface area contributed by atoms with Gasteiger partial charge in [-0.15, -0.1) is 0 Å². The van der Waals surface area contributed by atoms with Gasteiger partial charge in [-0.3, -0.25) is 9.59 Å². The normalized spacial score (nSPS) is 11.0. The predicted octanol–water partition coefficient (Wildman–Crippen LogP) is 1.37. The summed E-state index contributed by atoms with van der Waals surface area (Å²) in [5.41, 5.74) is 2.18. The maximum absolute atomic E-state index is 11.8. The number of carbonyl (C=O) groups excluding carboxylic acids is 2. The molecule has 0 aliphatic carbocycles. The molecule has 0 aromatic heterocycles. The van der Waals surface area contributed by atoms with E-state index < -0.39 is 28.5 Å². The van der Waals surface area contributed by atoms with Crippen molar-refractivity contribution in [2.24, 2.45) is 5.14 Å². The van der Waals surface area contributed by atoms with Crippen LogP contribution in [0.25, 0.3) is 0 Å². The predicted molar refractivity (Wildman–Crippen MR) is 92.3 cm³/mol. The number of nitrogens with one attached hydrogen (secondary N) is 1. The van der Waals surface area contributed by atoms with Gasteiger partial charge in [-0.05, 0) is 42.3 Å². The summed E-state index contributed by atoms with van der Waals surface area (Å²) in [5, 5.41) is 7.49. The molecule has 8 heteroatoms. The lowest BCUT2D eigenvalue weighted by Crippen LogP contribution is -2.21. The van der Waals surface area contributed by atoms with E-state index in [0.717, 1.165) is 11.1 Å². The number of carbonyl (C=O) groups is 2. The molecule has 0 radical (unpaired) electrons. The fraction of sp³-hybridized carbons (Fsp3) is 0.176. The van der Waals surface area contributed by atoms with Gasteiger partial charge in [-0.1, -0.05) is 24.3 Å². The van der Waals surface area contributed by atoms with Crippen molar-refractivity contribution in [1.29, 1.82) is 0 Å². The van der Waals surface area contributed by atoms with E-state index in [9.17, 15) is 18.0 Å². The van der Waals surface area contributed by atoms with Crippen LogP contribution < -0.4 is 10.5 Å². The molecule has 7 nitrogen and oxygen atoms in total. The summed E-state index contributed by atoms with van der Waals surface area (Å²) in [5.74, 6) is -1.03. The number of amides is 1. The molecule has 1 amide bonds. The molecule has 0 aliphatic heterocycles. The Hall–Kier alpha value is -2.71. The second kappa shape index (κ2) is 7.91. The van der Waals surface area contributed by atoms with Crippen LogP contribution >= 0.6 is 0 Å². The molecular weight excluding hydrogens is 344 g/mol. The van der Waals surface area contributed by atoms with Crippen LogP contribution in [0.1, 0.15) is 11.1 Å². The third-order valence-corrected chi connectivity index (χ3v) is 4.36. The Morgan fingerprint density at radius 3 is 2.32 bits per heavy atom. The van der Waals surface area contributed by atoms with E-state index in [4.69, 9.17) is 9.88 Å². The molecule has 0 fully saturated rings. The quantitative estimate of drug-likeness (QED) is 0.753. The first-order valence-electron chi connectivity index (χ1n) is 7.38. The molecule has 0 saturated carbocycles. The average molecular weight is 362 g/mol.